The summed E-state index contributed by atoms with van der Waals surface area (Å²) in [5, 5.41) is 4.40. The predicted molar refractivity (Wildman–Crippen MR) is 90.0 cm³/mol. The maximum absolute atomic E-state index is 5.92. The van der Waals surface area contributed by atoms with Gasteiger partial charge in [0.15, 0.2) is 0 Å². The summed E-state index contributed by atoms with van der Waals surface area (Å²) in [6.45, 7) is 3.02. The molecule has 2 nitrogen and oxygen atoms in total. The van der Waals surface area contributed by atoms with E-state index in [4.69, 9.17) is 16.6 Å². The predicted octanol–water partition coefficient (Wildman–Crippen LogP) is 5.00. The van der Waals surface area contributed by atoms with Crippen LogP contribution in [0.25, 0.3) is 11.0 Å². The van der Waals surface area contributed by atoms with Gasteiger partial charge in [-0.1, -0.05) is 15.9 Å². The Bertz CT molecular complexity index is 747. The van der Waals surface area contributed by atoms with Gasteiger partial charge < -0.3 is 4.57 Å². The lowest BCUT2D eigenvalue weighted by atomic mass is 10.2. The van der Waals surface area contributed by atoms with Gasteiger partial charge in [-0.2, -0.15) is 11.3 Å². The Labute approximate surface area is 135 Å². The Kier molecular flexibility index (Phi) is 4.15. The molecule has 2 aromatic heterocycles. The molecule has 5 heteroatoms. The Hall–Kier alpha value is -0.840. The van der Waals surface area contributed by atoms with Crippen LogP contribution in [0.4, 0.5) is 0 Å². The van der Waals surface area contributed by atoms with Crippen molar-refractivity contribution in [1.29, 1.82) is 0 Å². The number of fused-ring (bicyclic) bond motifs is 1. The number of aromatic nitrogens is 2. The normalized spacial score (nSPS) is 11.3. The van der Waals surface area contributed by atoms with Crippen LogP contribution in [0.1, 0.15) is 17.0 Å². The number of rotatable bonds is 4. The van der Waals surface area contributed by atoms with Crippen LogP contribution in [0.15, 0.2) is 33.4 Å². The summed E-state index contributed by atoms with van der Waals surface area (Å²) in [6, 6.07) is 6.24. The number of imidazole rings is 1. The summed E-state index contributed by atoms with van der Waals surface area (Å²) in [6.07, 6.45) is 0.789. The third kappa shape index (κ3) is 2.65. The Morgan fingerprint density at radius 2 is 2.20 bits per heavy atom. The van der Waals surface area contributed by atoms with Crippen LogP contribution < -0.4 is 0 Å². The van der Waals surface area contributed by atoms with Crippen LogP contribution in [0.2, 0.25) is 0 Å². The lowest BCUT2D eigenvalue weighted by Gasteiger charge is -2.08. The highest BCUT2D eigenvalue weighted by Crippen LogP contribution is 2.24. The molecule has 0 unspecified atom stereocenters. The minimum absolute atomic E-state index is 0.590. The number of hydrogen-bond donors (Lipinski definition) is 0. The summed E-state index contributed by atoms with van der Waals surface area (Å²) in [4.78, 5) is 4.73. The number of aryl methyl sites for hydroxylation is 2. The van der Waals surface area contributed by atoms with Crippen molar-refractivity contribution in [2.45, 2.75) is 19.9 Å². The number of hydrogen-bond acceptors (Lipinski definition) is 2. The molecule has 0 atom stereocenters. The summed E-state index contributed by atoms with van der Waals surface area (Å²) in [7, 11) is 0. The Balaban J connectivity index is 2.11. The Morgan fingerprint density at radius 3 is 2.90 bits per heavy atom. The van der Waals surface area contributed by atoms with Crippen molar-refractivity contribution in [3.8, 4) is 0 Å². The molecule has 0 saturated heterocycles. The van der Waals surface area contributed by atoms with Gasteiger partial charge >= 0.3 is 0 Å². The minimum atomic E-state index is 0.590. The van der Waals surface area contributed by atoms with E-state index in [2.05, 4.69) is 56.4 Å². The highest BCUT2D eigenvalue weighted by molar-refractivity contribution is 9.10. The molecule has 0 fully saturated rings. The zero-order chi connectivity index (χ0) is 14.1. The fraction of sp³-hybridized carbons (Fsp3) is 0.267. The van der Waals surface area contributed by atoms with E-state index in [-0.39, 0.29) is 0 Å². The monoisotopic (exact) mass is 368 g/mol. The second-order valence-electron chi connectivity index (χ2n) is 4.77. The second-order valence-corrected chi connectivity index (χ2v) is 6.80. The minimum Gasteiger partial charge on any atom is -0.323 e. The molecular weight excluding hydrogens is 356 g/mol. The van der Waals surface area contributed by atoms with Gasteiger partial charge in [-0.15, -0.1) is 11.6 Å². The third-order valence-corrected chi connectivity index (χ3v) is 4.99. The van der Waals surface area contributed by atoms with Crippen molar-refractivity contribution in [3.63, 3.8) is 0 Å². The summed E-state index contributed by atoms with van der Waals surface area (Å²) < 4.78 is 3.33. The van der Waals surface area contributed by atoms with E-state index in [1.165, 1.54) is 16.6 Å². The van der Waals surface area contributed by atoms with Crippen LogP contribution >= 0.6 is 38.9 Å². The van der Waals surface area contributed by atoms with Gasteiger partial charge in [-0.3, -0.25) is 0 Å². The van der Waals surface area contributed by atoms with Gasteiger partial charge in [-0.05, 0) is 47.0 Å². The SMILES string of the molecule is Cc1cscc1Cn1c(CCCl)nc2cc(Br)ccc21. The van der Waals surface area contributed by atoms with Gasteiger partial charge in [0, 0.05) is 16.8 Å². The van der Waals surface area contributed by atoms with E-state index in [1.807, 2.05) is 0 Å². The van der Waals surface area contributed by atoms with Crippen LogP contribution in [0, 0.1) is 6.92 Å². The van der Waals surface area contributed by atoms with Crippen molar-refractivity contribution in [1.82, 2.24) is 9.55 Å². The molecule has 0 radical (unpaired) electrons. The molecule has 0 N–H and O–H groups in total. The zero-order valence-electron chi connectivity index (χ0n) is 11.1. The highest BCUT2D eigenvalue weighted by Gasteiger charge is 2.12. The maximum Gasteiger partial charge on any atom is 0.111 e. The van der Waals surface area contributed by atoms with Crippen LogP contribution in [0.5, 0.6) is 0 Å². The zero-order valence-corrected chi connectivity index (χ0v) is 14.2. The first-order valence-electron chi connectivity index (χ1n) is 6.41. The molecule has 0 aliphatic heterocycles. The maximum atomic E-state index is 5.92. The van der Waals surface area contributed by atoms with E-state index in [0.717, 1.165) is 28.8 Å². The highest BCUT2D eigenvalue weighted by atomic mass is 79.9. The molecular formula is C15H14BrClN2S. The Morgan fingerprint density at radius 1 is 1.35 bits per heavy atom. The first kappa shape index (κ1) is 14.1. The van der Waals surface area contributed by atoms with Gasteiger partial charge in [0.25, 0.3) is 0 Å². The van der Waals surface area contributed by atoms with Crippen LogP contribution in [-0.4, -0.2) is 15.4 Å². The molecule has 0 aliphatic rings. The molecule has 0 saturated carbocycles. The molecule has 0 amide bonds. The largest absolute Gasteiger partial charge is 0.323 e. The van der Waals surface area contributed by atoms with E-state index in [1.54, 1.807) is 11.3 Å². The molecule has 3 rings (SSSR count). The van der Waals surface area contributed by atoms with Crippen LogP contribution in [-0.2, 0) is 13.0 Å². The van der Waals surface area contributed by atoms with Crippen molar-refractivity contribution in [2.24, 2.45) is 0 Å². The number of halogens is 2. The molecule has 3 aromatic rings. The van der Waals surface area contributed by atoms with Crippen molar-refractivity contribution >= 4 is 49.9 Å². The fourth-order valence-electron chi connectivity index (χ4n) is 2.32. The van der Waals surface area contributed by atoms with Crippen LogP contribution in [0.3, 0.4) is 0 Å². The summed E-state index contributed by atoms with van der Waals surface area (Å²) >= 11 is 11.2. The molecule has 0 spiro atoms. The van der Waals surface area contributed by atoms with E-state index < -0.39 is 0 Å². The van der Waals surface area contributed by atoms with E-state index in [0.29, 0.717) is 5.88 Å². The standard InChI is InChI=1S/C15H14BrClN2S/c1-10-8-20-9-11(10)7-19-14-3-2-12(16)6-13(14)18-15(19)4-5-17/h2-3,6,8-9H,4-5,7H2,1H3. The van der Waals surface area contributed by atoms with E-state index >= 15 is 0 Å². The average Bonchev–Trinajstić information content (AvgIpc) is 2.96. The summed E-state index contributed by atoms with van der Waals surface area (Å²) in [5.74, 6) is 1.64. The van der Waals surface area contributed by atoms with Crippen molar-refractivity contribution in [3.05, 3.63) is 50.4 Å². The van der Waals surface area contributed by atoms with E-state index in [9.17, 15) is 0 Å². The first-order chi connectivity index (χ1) is 9.69. The number of thiophene rings is 1. The number of alkyl halides is 1. The lowest BCUT2D eigenvalue weighted by molar-refractivity contribution is 0.753. The quantitative estimate of drug-likeness (QED) is 0.592. The molecule has 1 aromatic carbocycles. The van der Waals surface area contributed by atoms with Gasteiger partial charge in [-0.25, -0.2) is 4.98 Å². The lowest BCUT2D eigenvalue weighted by Crippen LogP contribution is -2.06. The van der Waals surface area contributed by atoms with Crippen molar-refractivity contribution in [2.75, 3.05) is 5.88 Å². The molecule has 0 aliphatic carbocycles. The first-order valence-corrected chi connectivity index (χ1v) is 8.68. The topological polar surface area (TPSA) is 17.8 Å². The third-order valence-electron chi connectivity index (χ3n) is 3.40. The molecule has 104 valence electrons. The van der Waals surface area contributed by atoms with Gasteiger partial charge in [0.2, 0.25) is 0 Å². The average molecular weight is 370 g/mol. The molecule has 2 heterocycles. The fourth-order valence-corrected chi connectivity index (χ4v) is 3.69. The molecule has 0 bridgehead atoms. The molecule has 20 heavy (non-hydrogen) atoms. The number of benzene rings is 1. The smallest absolute Gasteiger partial charge is 0.111 e. The van der Waals surface area contributed by atoms with Crippen molar-refractivity contribution < 1.29 is 0 Å². The second kappa shape index (κ2) is 5.88. The number of nitrogens with zero attached hydrogens (tertiary/aromatic N) is 2. The van der Waals surface area contributed by atoms with Gasteiger partial charge in [0.05, 0.1) is 17.6 Å². The summed E-state index contributed by atoms with van der Waals surface area (Å²) in [5.41, 5.74) is 4.88. The van der Waals surface area contributed by atoms with Gasteiger partial charge in [0.1, 0.15) is 5.82 Å².